The molecule has 1 aromatic carbocycles. The van der Waals surface area contributed by atoms with Crippen molar-refractivity contribution in [2.24, 2.45) is 0 Å². The lowest BCUT2D eigenvalue weighted by Crippen LogP contribution is -2.50. The van der Waals surface area contributed by atoms with Crippen molar-refractivity contribution in [1.82, 2.24) is 9.88 Å². The molecule has 1 aromatic heterocycles. The summed E-state index contributed by atoms with van der Waals surface area (Å²) in [6.45, 7) is 3.22. The number of rotatable bonds is 5. The number of carbonyl (C=O) groups is 1. The summed E-state index contributed by atoms with van der Waals surface area (Å²) in [4.78, 5) is 20.9. The summed E-state index contributed by atoms with van der Waals surface area (Å²) in [5.41, 5.74) is 2.36. The Kier molecular flexibility index (Phi) is 6.09. The van der Waals surface area contributed by atoms with Gasteiger partial charge in [0.05, 0.1) is 4.58 Å². The van der Waals surface area contributed by atoms with Crippen LogP contribution in [0.3, 0.4) is 0 Å². The zero-order chi connectivity index (χ0) is 18.5. The second kappa shape index (κ2) is 8.89. The second-order valence-electron chi connectivity index (χ2n) is 6.47. The van der Waals surface area contributed by atoms with Crippen LogP contribution in [-0.2, 0) is 4.79 Å². The van der Waals surface area contributed by atoms with Crippen LogP contribution < -0.4 is 9.64 Å². The van der Waals surface area contributed by atoms with Gasteiger partial charge in [0.15, 0.2) is 6.61 Å². The maximum Gasteiger partial charge on any atom is 0.260 e. The maximum absolute atomic E-state index is 12.6. The van der Waals surface area contributed by atoms with Gasteiger partial charge < -0.3 is 14.5 Å². The number of pyridine rings is 1. The van der Waals surface area contributed by atoms with Gasteiger partial charge in [-0.2, -0.15) is 0 Å². The van der Waals surface area contributed by atoms with E-state index in [4.69, 9.17) is 4.74 Å². The van der Waals surface area contributed by atoms with E-state index in [1.165, 1.54) is 17.1 Å². The highest BCUT2D eigenvalue weighted by molar-refractivity contribution is 8.19. The van der Waals surface area contributed by atoms with Gasteiger partial charge in [-0.1, -0.05) is 18.2 Å². The van der Waals surface area contributed by atoms with E-state index in [9.17, 15) is 4.79 Å². The van der Waals surface area contributed by atoms with Crippen LogP contribution in [0.25, 0.3) is 0 Å². The molecule has 0 aliphatic carbocycles. The zero-order valence-electron chi connectivity index (χ0n) is 15.1. The molecule has 0 spiro atoms. The minimum Gasteiger partial charge on any atom is -0.483 e. The van der Waals surface area contributed by atoms with E-state index < -0.39 is 0 Å². The summed E-state index contributed by atoms with van der Waals surface area (Å²) in [6.07, 6.45) is 3.61. The van der Waals surface area contributed by atoms with Crippen LogP contribution in [0.1, 0.15) is 10.1 Å². The first-order chi connectivity index (χ1) is 13.3. The topological polar surface area (TPSA) is 45.7 Å². The first kappa shape index (κ1) is 18.5. The van der Waals surface area contributed by atoms with Gasteiger partial charge in [0.25, 0.3) is 5.91 Å². The lowest BCUT2D eigenvalue weighted by atomic mass is 10.2. The van der Waals surface area contributed by atoms with Crippen LogP contribution in [0.4, 0.5) is 5.69 Å². The minimum atomic E-state index is 0.0610. The summed E-state index contributed by atoms with van der Waals surface area (Å²) in [5.74, 6) is 3.24. The Hall–Kier alpha value is -1.86. The van der Waals surface area contributed by atoms with Crippen LogP contribution in [0, 0.1) is 0 Å². The zero-order valence-corrected chi connectivity index (χ0v) is 16.8. The highest BCUT2D eigenvalue weighted by Gasteiger charge is 2.24. The lowest BCUT2D eigenvalue weighted by molar-refractivity contribution is -0.133. The normalized spacial score (nSPS) is 17.9. The van der Waals surface area contributed by atoms with Gasteiger partial charge in [-0.05, 0) is 18.2 Å². The third kappa shape index (κ3) is 4.52. The number of piperazine rings is 1. The SMILES string of the molecule is O=C(COc1ccccc1C1SCCS1)N1CCN(c2ccncc2)CC1. The number of ether oxygens (including phenoxy) is 1. The molecular formula is C20H23N3O2S2. The van der Waals surface area contributed by atoms with E-state index >= 15 is 0 Å². The molecule has 0 bridgehead atoms. The van der Waals surface area contributed by atoms with Gasteiger partial charge in [0.2, 0.25) is 0 Å². The molecule has 4 rings (SSSR count). The molecule has 0 unspecified atom stereocenters. The summed E-state index contributed by atoms with van der Waals surface area (Å²) in [6, 6.07) is 12.1. The van der Waals surface area contributed by atoms with Gasteiger partial charge in [-0.25, -0.2) is 0 Å². The molecule has 2 aliphatic rings. The number of hydrogen-bond donors (Lipinski definition) is 0. The molecule has 2 fully saturated rings. The van der Waals surface area contributed by atoms with E-state index in [1.807, 2.05) is 58.8 Å². The molecule has 2 aliphatic heterocycles. The van der Waals surface area contributed by atoms with Crippen LogP contribution in [0.5, 0.6) is 5.75 Å². The largest absolute Gasteiger partial charge is 0.483 e. The van der Waals surface area contributed by atoms with E-state index in [-0.39, 0.29) is 12.5 Å². The van der Waals surface area contributed by atoms with Crippen molar-refractivity contribution < 1.29 is 9.53 Å². The molecule has 0 N–H and O–H groups in total. The first-order valence-electron chi connectivity index (χ1n) is 9.19. The molecule has 0 atom stereocenters. The second-order valence-corrected chi connectivity index (χ2v) is 9.20. The average molecular weight is 402 g/mol. The Bertz CT molecular complexity index is 761. The van der Waals surface area contributed by atoms with Crippen molar-refractivity contribution in [3.05, 3.63) is 54.4 Å². The van der Waals surface area contributed by atoms with Crippen molar-refractivity contribution in [3.8, 4) is 5.75 Å². The molecule has 142 valence electrons. The van der Waals surface area contributed by atoms with E-state index in [0.717, 1.165) is 37.6 Å². The van der Waals surface area contributed by atoms with Gasteiger partial charge in [0, 0.05) is 61.3 Å². The fraction of sp³-hybridized carbons (Fsp3) is 0.400. The lowest BCUT2D eigenvalue weighted by Gasteiger charge is -2.36. The number of benzene rings is 1. The Morgan fingerprint density at radius 1 is 1.04 bits per heavy atom. The van der Waals surface area contributed by atoms with Crippen LogP contribution in [0.2, 0.25) is 0 Å². The number of para-hydroxylation sites is 1. The molecular weight excluding hydrogens is 378 g/mol. The molecule has 1 amide bonds. The number of nitrogens with zero attached hydrogens (tertiary/aromatic N) is 3. The standard InChI is InChI=1S/C20H23N3O2S2/c24-19(23-11-9-22(10-12-23)16-5-7-21-8-6-16)15-25-18-4-2-1-3-17(18)20-26-13-14-27-20/h1-8,20H,9-15H2. The Morgan fingerprint density at radius 2 is 1.74 bits per heavy atom. The molecule has 7 heteroatoms. The fourth-order valence-corrected chi connectivity index (χ4v) is 6.25. The molecule has 5 nitrogen and oxygen atoms in total. The van der Waals surface area contributed by atoms with E-state index in [2.05, 4.69) is 16.0 Å². The highest BCUT2D eigenvalue weighted by Crippen LogP contribution is 2.48. The predicted molar refractivity (Wildman–Crippen MR) is 113 cm³/mol. The maximum atomic E-state index is 12.6. The van der Waals surface area contributed by atoms with Crippen LogP contribution in [0.15, 0.2) is 48.8 Å². The number of amides is 1. The van der Waals surface area contributed by atoms with Gasteiger partial charge >= 0.3 is 0 Å². The van der Waals surface area contributed by atoms with Gasteiger partial charge in [0.1, 0.15) is 5.75 Å². The van der Waals surface area contributed by atoms with Crippen LogP contribution >= 0.6 is 23.5 Å². The van der Waals surface area contributed by atoms with E-state index in [1.54, 1.807) is 12.4 Å². The molecule has 0 radical (unpaired) electrons. The van der Waals surface area contributed by atoms with Crippen molar-refractivity contribution in [1.29, 1.82) is 0 Å². The monoisotopic (exact) mass is 401 g/mol. The Balaban J connectivity index is 1.31. The third-order valence-electron chi connectivity index (χ3n) is 4.81. The van der Waals surface area contributed by atoms with Crippen molar-refractivity contribution >= 4 is 35.1 Å². The molecule has 3 heterocycles. The Morgan fingerprint density at radius 3 is 2.48 bits per heavy atom. The van der Waals surface area contributed by atoms with Crippen molar-refractivity contribution in [2.45, 2.75) is 4.58 Å². The molecule has 2 aromatic rings. The smallest absolute Gasteiger partial charge is 0.260 e. The fourth-order valence-electron chi connectivity index (χ4n) is 3.34. The first-order valence-corrected chi connectivity index (χ1v) is 11.3. The quantitative estimate of drug-likeness (QED) is 0.766. The van der Waals surface area contributed by atoms with Crippen molar-refractivity contribution in [2.75, 3.05) is 49.2 Å². The summed E-state index contributed by atoms with van der Waals surface area (Å²) >= 11 is 3.90. The average Bonchev–Trinajstić information content (AvgIpc) is 3.28. The molecule has 27 heavy (non-hydrogen) atoms. The third-order valence-corrected chi connectivity index (χ3v) is 7.87. The highest BCUT2D eigenvalue weighted by atomic mass is 32.2. The predicted octanol–water partition coefficient (Wildman–Crippen LogP) is 3.29. The van der Waals surface area contributed by atoms with Crippen LogP contribution in [-0.4, -0.2) is 60.1 Å². The summed E-state index contributed by atoms with van der Waals surface area (Å²) in [5, 5.41) is 0. The summed E-state index contributed by atoms with van der Waals surface area (Å²) < 4.78 is 6.35. The number of aromatic nitrogens is 1. The number of anilines is 1. The Labute approximate surface area is 168 Å². The molecule has 0 saturated carbocycles. The summed E-state index contributed by atoms with van der Waals surface area (Å²) in [7, 11) is 0. The van der Waals surface area contributed by atoms with Gasteiger partial charge in [-0.3, -0.25) is 9.78 Å². The number of carbonyl (C=O) groups excluding carboxylic acids is 1. The van der Waals surface area contributed by atoms with Gasteiger partial charge in [-0.15, -0.1) is 23.5 Å². The van der Waals surface area contributed by atoms with Crippen molar-refractivity contribution in [3.63, 3.8) is 0 Å². The van der Waals surface area contributed by atoms with E-state index in [0.29, 0.717) is 4.58 Å². The minimum absolute atomic E-state index is 0.0610. The molecule has 2 saturated heterocycles. The number of hydrogen-bond acceptors (Lipinski definition) is 6. The number of thioether (sulfide) groups is 2.